The Hall–Kier alpha value is -1.31. The third-order valence-electron chi connectivity index (χ3n) is 4.33. The molecule has 0 saturated carbocycles. The summed E-state index contributed by atoms with van der Waals surface area (Å²) < 4.78 is 5.04. The summed E-state index contributed by atoms with van der Waals surface area (Å²) in [6, 6.07) is 0.571. The van der Waals surface area contributed by atoms with Crippen molar-refractivity contribution in [2.75, 3.05) is 26.7 Å². The van der Waals surface area contributed by atoms with Gasteiger partial charge in [-0.15, -0.1) is 11.3 Å². The molecule has 1 saturated heterocycles. The summed E-state index contributed by atoms with van der Waals surface area (Å²) in [6.07, 6.45) is 2.31. The van der Waals surface area contributed by atoms with Crippen molar-refractivity contribution >= 4 is 11.3 Å². The smallest absolute Gasteiger partial charge is 0.223 e. The quantitative estimate of drug-likeness (QED) is 0.810. The Morgan fingerprint density at radius 2 is 2.32 bits per heavy atom. The summed E-state index contributed by atoms with van der Waals surface area (Å²) in [5.74, 6) is 1.41. The SMILES string of the molecule is Cc1nc(CN(C)[C@@H]2CCN(CCc3scnc3C)C2)no1. The molecular formula is C15H23N5OS. The third-order valence-corrected chi connectivity index (χ3v) is 5.33. The van der Waals surface area contributed by atoms with Crippen LogP contribution in [0.3, 0.4) is 0 Å². The van der Waals surface area contributed by atoms with E-state index in [-0.39, 0.29) is 0 Å². The fourth-order valence-corrected chi connectivity index (χ4v) is 3.73. The molecule has 0 amide bonds. The highest BCUT2D eigenvalue weighted by molar-refractivity contribution is 7.09. The molecule has 1 fully saturated rings. The van der Waals surface area contributed by atoms with E-state index in [1.54, 1.807) is 11.3 Å². The second-order valence-electron chi connectivity index (χ2n) is 6.00. The standard InChI is InChI=1S/C15H23N5OS/c1-11-14(22-10-16-11)5-7-20-6-4-13(8-20)19(3)9-15-17-12(2)21-18-15/h10,13H,4-9H2,1-3H3/t13-/m1/s1. The number of nitrogens with zero attached hydrogens (tertiary/aromatic N) is 5. The minimum absolute atomic E-state index is 0.571. The first-order valence-corrected chi connectivity index (χ1v) is 8.60. The Labute approximate surface area is 135 Å². The van der Waals surface area contributed by atoms with E-state index in [2.05, 4.69) is 38.9 Å². The van der Waals surface area contributed by atoms with Gasteiger partial charge in [-0.2, -0.15) is 4.98 Å². The lowest BCUT2D eigenvalue weighted by atomic mass is 10.2. The van der Waals surface area contributed by atoms with Crippen molar-refractivity contribution in [1.29, 1.82) is 0 Å². The van der Waals surface area contributed by atoms with Crippen LogP contribution < -0.4 is 0 Å². The molecule has 0 aliphatic carbocycles. The monoisotopic (exact) mass is 321 g/mol. The highest BCUT2D eigenvalue weighted by atomic mass is 32.1. The molecule has 3 rings (SSSR count). The van der Waals surface area contributed by atoms with E-state index in [0.717, 1.165) is 38.4 Å². The predicted molar refractivity (Wildman–Crippen MR) is 85.9 cm³/mol. The van der Waals surface area contributed by atoms with E-state index in [1.807, 2.05) is 12.4 Å². The first kappa shape index (κ1) is 15.6. The average molecular weight is 321 g/mol. The molecule has 6 nitrogen and oxygen atoms in total. The maximum absolute atomic E-state index is 5.04. The number of aromatic nitrogens is 3. The molecule has 0 bridgehead atoms. The number of rotatable bonds is 6. The maximum atomic E-state index is 5.04. The third kappa shape index (κ3) is 3.71. The van der Waals surface area contributed by atoms with Gasteiger partial charge >= 0.3 is 0 Å². The Kier molecular flexibility index (Phi) is 4.85. The molecule has 22 heavy (non-hydrogen) atoms. The van der Waals surface area contributed by atoms with Crippen molar-refractivity contribution in [3.8, 4) is 0 Å². The highest BCUT2D eigenvalue weighted by Gasteiger charge is 2.26. The minimum atomic E-state index is 0.571. The molecule has 0 N–H and O–H groups in total. The van der Waals surface area contributed by atoms with Crippen LogP contribution in [0.4, 0.5) is 0 Å². The van der Waals surface area contributed by atoms with E-state index >= 15 is 0 Å². The molecule has 3 heterocycles. The lowest BCUT2D eigenvalue weighted by molar-refractivity contribution is 0.218. The van der Waals surface area contributed by atoms with Gasteiger partial charge in [-0.3, -0.25) is 4.90 Å². The number of likely N-dealkylation sites (N-methyl/N-ethyl adjacent to an activating group) is 1. The van der Waals surface area contributed by atoms with Crippen LogP contribution in [0.1, 0.15) is 28.7 Å². The van der Waals surface area contributed by atoms with E-state index in [1.165, 1.54) is 17.0 Å². The van der Waals surface area contributed by atoms with Gasteiger partial charge in [-0.25, -0.2) is 4.98 Å². The molecule has 0 spiro atoms. The molecule has 1 aliphatic rings. The van der Waals surface area contributed by atoms with Crippen LogP contribution in [0.25, 0.3) is 0 Å². The van der Waals surface area contributed by atoms with Crippen molar-refractivity contribution in [1.82, 2.24) is 24.9 Å². The van der Waals surface area contributed by atoms with Gasteiger partial charge in [-0.05, 0) is 33.4 Å². The zero-order chi connectivity index (χ0) is 15.5. The Morgan fingerprint density at radius 3 is 3.00 bits per heavy atom. The molecule has 120 valence electrons. The Balaban J connectivity index is 1.46. The molecule has 1 aliphatic heterocycles. The molecule has 0 unspecified atom stereocenters. The van der Waals surface area contributed by atoms with Crippen LogP contribution in [0.15, 0.2) is 10.0 Å². The molecule has 0 radical (unpaired) electrons. The highest BCUT2D eigenvalue weighted by Crippen LogP contribution is 2.18. The summed E-state index contributed by atoms with van der Waals surface area (Å²) >= 11 is 1.77. The Morgan fingerprint density at radius 1 is 1.45 bits per heavy atom. The molecule has 7 heteroatoms. The lowest BCUT2D eigenvalue weighted by Crippen LogP contribution is -2.34. The summed E-state index contributed by atoms with van der Waals surface area (Å²) in [7, 11) is 2.15. The van der Waals surface area contributed by atoms with Crippen molar-refractivity contribution in [2.45, 2.75) is 39.3 Å². The predicted octanol–water partition coefficient (Wildman–Crippen LogP) is 1.89. The summed E-state index contributed by atoms with van der Waals surface area (Å²) in [5.41, 5.74) is 3.13. The van der Waals surface area contributed by atoms with Crippen molar-refractivity contribution in [3.63, 3.8) is 0 Å². The first-order chi connectivity index (χ1) is 10.6. The topological polar surface area (TPSA) is 58.3 Å². The first-order valence-electron chi connectivity index (χ1n) is 7.72. The maximum Gasteiger partial charge on any atom is 0.223 e. The van der Waals surface area contributed by atoms with Crippen LogP contribution in [0, 0.1) is 13.8 Å². The summed E-state index contributed by atoms with van der Waals surface area (Å²) in [6.45, 7) is 8.08. The minimum Gasteiger partial charge on any atom is -0.340 e. The van der Waals surface area contributed by atoms with Crippen molar-refractivity contribution in [2.24, 2.45) is 0 Å². The summed E-state index contributed by atoms with van der Waals surface area (Å²) in [4.78, 5) is 14.9. The van der Waals surface area contributed by atoms with Crippen molar-refractivity contribution in [3.05, 3.63) is 27.8 Å². The molecule has 0 aromatic carbocycles. The molecule has 2 aromatic rings. The fourth-order valence-electron chi connectivity index (χ4n) is 2.96. The van der Waals surface area contributed by atoms with Crippen LogP contribution >= 0.6 is 11.3 Å². The average Bonchev–Trinajstić information content (AvgIpc) is 3.19. The zero-order valence-electron chi connectivity index (χ0n) is 13.4. The number of hydrogen-bond acceptors (Lipinski definition) is 7. The second-order valence-corrected chi connectivity index (χ2v) is 6.94. The van der Waals surface area contributed by atoms with E-state index < -0.39 is 0 Å². The normalized spacial score (nSPS) is 19.4. The van der Waals surface area contributed by atoms with E-state index in [0.29, 0.717) is 11.9 Å². The number of hydrogen-bond donors (Lipinski definition) is 0. The van der Waals surface area contributed by atoms with Crippen molar-refractivity contribution < 1.29 is 4.52 Å². The van der Waals surface area contributed by atoms with Crippen LogP contribution in [-0.4, -0.2) is 57.6 Å². The van der Waals surface area contributed by atoms with Crippen LogP contribution in [0.2, 0.25) is 0 Å². The van der Waals surface area contributed by atoms with E-state index in [4.69, 9.17) is 4.52 Å². The molecule has 2 aromatic heterocycles. The lowest BCUT2D eigenvalue weighted by Gasteiger charge is -2.23. The number of aryl methyl sites for hydroxylation is 2. The van der Waals surface area contributed by atoms with Gasteiger partial charge in [0.1, 0.15) is 0 Å². The summed E-state index contributed by atoms with van der Waals surface area (Å²) in [5, 5.41) is 3.98. The Bertz CT molecular complexity index is 611. The largest absolute Gasteiger partial charge is 0.340 e. The van der Waals surface area contributed by atoms with Gasteiger partial charge in [0.2, 0.25) is 5.89 Å². The van der Waals surface area contributed by atoms with Gasteiger partial charge in [0.25, 0.3) is 0 Å². The van der Waals surface area contributed by atoms with Gasteiger partial charge < -0.3 is 9.42 Å². The van der Waals surface area contributed by atoms with Gasteiger partial charge in [0.05, 0.1) is 17.7 Å². The molecular weight excluding hydrogens is 298 g/mol. The second kappa shape index (κ2) is 6.85. The van der Waals surface area contributed by atoms with Gasteiger partial charge in [-0.1, -0.05) is 5.16 Å². The number of likely N-dealkylation sites (tertiary alicyclic amines) is 1. The van der Waals surface area contributed by atoms with Gasteiger partial charge in [0, 0.05) is 30.9 Å². The van der Waals surface area contributed by atoms with Crippen LogP contribution in [0.5, 0.6) is 0 Å². The van der Waals surface area contributed by atoms with Gasteiger partial charge in [0.15, 0.2) is 5.82 Å². The zero-order valence-corrected chi connectivity index (χ0v) is 14.3. The molecule has 1 atom stereocenters. The van der Waals surface area contributed by atoms with Crippen LogP contribution in [-0.2, 0) is 13.0 Å². The number of thiazole rings is 1. The fraction of sp³-hybridized carbons (Fsp3) is 0.667. The van der Waals surface area contributed by atoms with E-state index in [9.17, 15) is 0 Å².